The minimum absolute atomic E-state index is 0.0117. The third-order valence-corrected chi connectivity index (χ3v) is 9.18. The van der Waals surface area contributed by atoms with Crippen molar-refractivity contribution in [1.29, 1.82) is 0 Å². The molecule has 1 aromatic heterocycles. The van der Waals surface area contributed by atoms with Gasteiger partial charge < -0.3 is 24.7 Å². The number of hydrogen-bond acceptors (Lipinski definition) is 8. The van der Waals surface area contributed by atoms with Gasteiger partial charge in [-0.15, -0.1) is 0 Å². The van der Waals surface area contributed by atoms with Gasteiger partial charge in [0.2, 0.25) is 15.9 Å². The number of sulfonamides is 1. The number of anilines is 1. The molecule has 0 bridgehead atoms. The third kappa shape index (κ3) is 7.26. The monoisotopic (exact) mass is 696 g/mol. The molecule has 1 fully saturated rings. The van der Waals surface area contributed by atoms with E-state index in [4.69, 9.17) is 9.15 Å². The first-order valence-corrected chi connectivity index (χ1v) is 17.2. The summed E-state index contributed by atoms with van der Waals surface area (Å²) in [7, 11) is -2.65. The van der Waals surface area contributed by atoms with Crippen molar-refractivity contribution in [3.05, 3.63) is 77.6 Å². The Morgan fingerprint density at radius 2 is 1.84 bits per heavy atom. The summed E-state index contributed by atoms with van der Waals surface area (Å²) < 4.78 is 65.6. The van der Waals surface area contributed by atoms with E-state index >= 15 is 0 Å². The average Bonchev–Trinajstić information content (AvgIpc) is 3.45. The highest BCUT2D eigenvalue weighted by molar-refractivity contribution is 7.92. The molecule has 1 unspecified atom stereocenters. The Hall–Kier alpha value is -5.31. The van der Waals surface area contributed by atoms with Crippen LogP contribution in [0.15, 0.2) is 65.1 Å². The Balaban J connectivity index is 1.70. The van der Waals surface area contributed by atoms with E-state index in [0.29, 0.717) is 11.1 Å². The summed E-state index contributed by atoms with van der Waals surface area (Å²) in [6.45, 7) is 0.447. The number of halogens is 2. The largest absolute Gasteiger partial charge is 0.466 e. The minimum atomic E-state index is -4.07. The molecular formula is C34H34F2N4O8S. The van der Waals surface area contributed by atoms with Gasteiger partial charge in [0.1, 0.15) is 29.9 Å². The van der Waals surface area contributed by atoms with Gasteiger partial charge in [-0.25, -0.2) is 17.2 Å². The Morgan fingerprint density at radius 3 is 2.49 bits per heavy atom. The molecule has 5 rings (SSSR count). The summed E-state index contributed by atoms with van der Waals surface area (Å²) >= 11 is 0. The highest BCUT2D eigenvalue weighted by atomic mass is 32.2. The van der Waals surface area contributed by atoms with Crippen molar-refractivity contribution in [3.8, 4) is 22.5 Å². The van der Waals surface area contributed by atoms with E-state index in [-0.39, 0.29) is 65.2 Å². The number of fused-ring (bicyclic) bond motifs is 1. The second-order valence-corrected chi connectivity index (χ2v) is 13.1. The lowest BCUT2D eigenvalue weighted by atomic mass is 9.96. The fraction of sp³-hybridized carbons (Fsp3) is 0.294. The molecule has 0 spiro atoms. The number of hydrogen-bond donors (Lipinski definition) is 2. The lowest BCUT2D eigenvalue weighted by Crippen LogP contribution is -2.57. The quantitative estimate of drug-likeness (QED) is 0.224. The van der Waals surface area contributed by atoms with E-state index in [1.807, 2.05) is 0 Å². The number of amides is 3. The van der Waals surface area contributed by atoms with Gasteiger partial charge in [0, 0.05) is 48.3 Å². The Bertz CT molecular complexity index is 2030. The Labute approximate surface area is 281 Å². The first-order chi connectivity index (χ1) is 23.4. The molecule has 3 amide bonds. The third-order valence-electron chi connectivity index (χ3n) is 8.00. The predicted octanol–water partition coefficient (Wildman–Crippen LogP) is 3.89. The molecule has 258 valence electrons. The molecule has 4 aromatic rings. The van der Waals surface area contributed by atoms with Gasteiger partial charge in [-0.05, 0) is 55.0 Å². The van der Waals surface area contributed by atoms with Crippen LogP contribution in [-0.4, -0.2) is 89.3 Å². The highest BCUT2D eigenvalue weighted by Gasteiger charge is 2.36. The van der Waals surface area contributed by atoms with Crippen LogP contribution in [-0.2, 0) is 24.3 Å². The molecule has 1 aliphatic rings. The summed E-state index contributed by atoms with van der Waals surface area (Å²) in [5.41, 5.74) is 1.23. The molecule has 0 aliphatic carbocycles. The van der Waals surface area contributed by atoms with E-state index in [1.165, 1.54) is 60.5 Å². The molecule has 3 aromatic carbocycles. The summed E-state index contributed by atoms with van der Waals surface area (Å²) in [5.74, 6) is -2.67. The fourth-order valence-corrected chi connectivity index (χ4v) is 6.70. The Morgan fingerprint density at radius 1 is 1.10 bits per heavy atom. The van der Waals surface area contributed by atoms with Gasteiger partial charge in [0.05, 0.1) is 37.1 Å². The normalized spacial score (nSPS) is 14.8. The molecule has 0 saturated carbocycles. The first kappa shape index (κ1) is 35.0. The van der Waals surface area contributed by atoms with Gasteiger partial charge in [-0.3, -0.25) is 23.5 Å². The average molecular weight is 697 g/mol. The molecule has 12 nitrogen and oxygen atoms in total. The molecule has 1 aliphatic heterocycles. The van der Waals surface area contributed by atoms with Crippen LogP contribution in [0.4, 0.5) is 14.5 Å². The van der Waals surface area contributed by atoms with Crippen molar-refractivity contribution in [2.75, 3.05) is 50.5 Å². The molecule has 2 heterocycles. The van der Waals surface area contributed by atoms with Crippen molar-refractivity contribution in [2.24, 2.45) is 0 Å². The van der Waals surface area contributed by atoms with Crippen LogP contribution in [0.5, 0.6) is 0 Å². The van der Waals surface area contributed by atoms with E-state index in [1.54, 1.807) is 19.1 Å². The number of carbonyl (C=O) groups excluding carboxylic acids is 4. The molecular weight excluding hydrogens is 662 g/mol. The van der Waals surface area contributed by atoms with E-state index in [2.05, 4.69) is 10.6 Å². The number of benzene rings is 3. The maximum Gasteiger partial charge on any atom is 0.308 e. The maximum atomic E-state index is 13.9. The van der Waals surface area contributed by atoms with Crippen LogP contribution < -0.4 is 14.9 Å². The van der Waals surface area contributed by atoms with Crippen LogP contribution in [0.2, 0.25) is 0 Å². The number of esters is 1. The topological polar surface area (TPSA) is 155 Å². The number of nitrogens with one attached hydrogen (secondary N) is 2. The number of ether oxygens (including phenoxy) is 1. The standard InChI is InChI=1S/C34H34F2N4O8S/c1-4-47-29(41)19-27-32(42)38-13-15-39(27)34(44)22-7-5-6-21(16-22)24-17-25-28(18-26(24)40(14-12-35)49(3,45)46)48-31(30(25)33(43)37-2)20-8-10-23(36)11-9-20/h5-11,16-18,27H,4,12-15,19H2,1-3H3,(H,37,43)(H,38,42). The van der Waals surface area contributed by atoms with Crippen LogP contribution in [0.3, 0.4) is 0 Å². The van der Waals surface area contributed by atoms with Crippen LogP contribution in [0.25, 0.3) is 33.4 Å². The lowest BCUT2D eigenvalue weighted by molar-refractivity contribution is -0.147. The zero-order valence-corrected chi connectivity index (χ0v) is 27.7. The van der Waals surface area contributed by atoms with Gasteiger partial charge in [0.25, 0.3) is 11.8 Å². The molecule has 49 heavy (non-hydrogen) atoms. The highest BCUT2D eigenvalue weighted by Crippen LogP contribution is 2.42. The minimum Gasteiger partial charge on any atom is -0.466 e. The second-order valence-electron chi connectivity index (χ2n) is 11.2. The van der Waals surface area contributed by atoms with Crippen LogP contribution in [0, 0.1) is 5.82 Å². The summed E-state index contributed by atoms with van der Waals surface area (Å²) in [6.07, 6.45) is 0.571. The van der Waals surface area contributed by atoms with Crippen molar-refractivity contribution >= 4 is 50.4 Å². The van der Waals surface area contributed by atoms with Crippen LogP contribution >= 0.6 is 0 Å². The zero-order chi connectivity index (χ0) is 35.5. The molecule has 2 N–H and O–H groups in total. The van der Waals surface area contributed by atoms with E-state index < -0.39 is 58.8 Å². The smallest absolute Gasteiger partial charge is 0.308 e. The lowest BCUT2D eigenvalue weighted by Gasteiger charge is -2.34. The number of nitrogens with zero attached hydrogens (tertiary/aromatic N) is 2. The SMILES string of the molecule is CCOC(=O)CC1C(=O)NCCN1C(=O)c1cccc(-c2cc3c(C(=O)NC)c(-c4ccc(F)cc4)oc3cc2N(CCF)S(C)(=O)=O)c1. The van der Waals surface area contributed by atoms with Crippen molar-refractivity contribution in [1.82, 2.24) is 15.5 Å². The first-order valence-electron chi connectivity index (χ1n) is 15.3. The number of carbonyl (C=O) groups is 4. The van der Waals surface area contributed by atoms with Gasteiger partial charge >= 0.3 is 5.97 Å². The molecule has 0 radical (unpaired) electrons. The second kappa shape index (κ2) is 14.4. The maximum absolute atomic E-state index is 13.9. The van der Waals surface area contributed by atoms with Gasteiger partial charge in [-0.2, -0.15) is 0 Å². The summed E-state index contributed by atoms with van der Waals surface area (Å²) in [6, 6.07) is 13.2. The van der Waals surface area contributed by atoms with Crippen molar-refractivity contribution < 1.29 is 45.5 Å². The predicted molar refractivity (Wildman–Crippen MR) is 178 cm³/mol. The summed E-state index contributed by atoms with van der Waals surface area (Å²) in [4.78, 5) is 53.4. The number of piperazine rings is 1. The van der Waals surface area contributed by atoms with Gasteiger partial charge in [0.15, 0.2) is 0 Å². The molecule has 15 heteroatoms. The fourth-order valence-electron chi connectivity index (χ4n) is 5.79. The number of rotatable bonds is 11. The summed E-state index contributed by atoms with van der Waals surface area (Å²) in [5, 5.41) is 5.49. The molecule has 1 saturated heterocycles. The molecule has 1 atom stereocenters. The van der Waals surface area contributed by atoms with E-state index in [9.17, 15) is 36.4 Å². The Kier molecular flexibility index (Phi) is 10.3. The van der Waals surface area contributed by atoms with Gasteiger partial charge in [-0.1, -0.05) is 12.1 Å². The van der Waals surface area contributed by atoms with E-state index in [0.717, 1.165) is 10.6 Å². The zero-order valence-electron chi connectivity index (χ0n) is 26.9. The number of furan rings is 1. The van der Waals surface area contributed by atoms with Crippen LogP contribution in [0.1, 0.15) is 34.1 Å². The number of alkyl halides is 1. The van der Waals surface area contributed by atoms with Crippen molar-refractivity contribution in [3.63, 3.8) is 0 Å². The van der Waals surface area contributed by atoms with Crippen molar-refractivity contribution in [2.45, 2.75) is 19.4 Å².